The SMILES string of the molecule is CCCCCCCCCCCCCCCCCCC(CC(C)CCCCCCCCCCCC)C(=O)O. The number of hydrogen-bond donors (Lipinski definition) is 1. The van der Waals surface area contributed by atoms with Gasteiger partial charge in [-0.3, -0.25) is 4.79 Å². The molecular formula is C35H70O2. The summed E-state index contributed by atoms with van der Waals surface area (Å²) in [5.41, 5.74) is 0. The smallest absolute Gasteiger partial charge is 0.306 e. The van der Waals surface area contributed by atoms with Crippen molar-refractivity contribution in [1.29, 1.82) is 0 Å². The van der Waals surface area contributed by atoms with Gasteiger partial charge in [0.25, 0.3) is 0 Å². The number of carboxylic acids is 1. The summed E-state index contributed by atoms with van der Waals surface area (Å²) < 4.78 is 0. The fourth-order valence-electron chi connectivity index (χ4n) is 5.86. The third-order valence-corrected chi connectivity index (χ3v) is 8.49. The zero-order valence-corrected chi connectivity index (χ0v) is 26.0. The minimum absolute atomic E-state index is 0.121. The van der Waals surface area contributed by atoms with Crippen molar-refractivity contribution in [2.24, 2.45) is 11.8 Å². The van der Waals surface area contributed by atoms with Crippen molar-refractivity contribution in [3.63, 3.8) is 0 Å². The van der Waals surface area contributed by atoms with E-state index < -0.39 is 5.97 Å². The molecule has 0 fully saturated rings. The maximum Gasteiger partial charge on any atom is 0.306 e. The molecule has 0 aromatic carbocycles. The second kappa shape index (κ2) is 30.0. The molecule has 222 valence electrons. The van der Waals surface area contributed by atoms with Crippen molar-refractivity contribution < 1.29 is 9.90 Å². The normalized spacial score (nSPS) is 13.2. The predicted molar refractivity (Wildman–Crippen MR) is 166 cm³/mol. The van der Waals surface area contributed by atoms with Gasteiger partial charge >= 0.3 is 5.97 Å². The van der Waals surface area contributed by atoms with Crippen LogP contribution in [0, 0.1) is 11.8 Å². The van der Waals surface area contributed by atoms with Crippen LogP contribution >= 0.6 is 0 Å². The van der Waals surface area contributed by atoms with E-state index in [0.29, 0.717) is 5.92 Å². The summed E-state index contributed by atoms with van der Waals surface area (Å²) in [4.78, 5) is 11.8. The van der Waals surface area contributed by atoms with E-state index in [1.807, 2.05) is 0 Å². The molecule has 0 amide bonds. The summed E-state index contributed by atoms with van der Waals surface area (Å²) in [5, 5.41) is 9.69. The van der Waals surface area contributed by atoms with Gasteiger partial charge in [0.2, 0.25) is 0 Å². The van der Waals surface area contributed by atoms with Crippen LogP contribution in [0.1, 0.15) is 207 Å². The first-order valence-electron chi connectivity index (χ1n) is 17.3. The molecule has 0 aromatic heterocycles. The first kappa shape index (κ1) is 36.5. The minimum Gasteiger partial charge on any atom is -0.481 e. The Hall–Kier alpha value is -0.530. The number of aliphatic carboxylic acids is 1. The summed E-state index contributed by atoms with van der Waals surface area (Å²) in [6, 6.07) is 0. The lowest BCUT2D eigenvalue weighted by molar-refractivity contribution is -0.142. The maximum absolute atomic E-state index is 11.8. The molecule has 0 aromatic rings. The van der Waals surface area contributed by atoms with Crippen molar-refractivity contribution in [2.75, 3.05) is 0 Å². The van der Waals surface area contributed by atoms with Crippen molar-refractivity contribution in [3.05, 3.63) is 0 Å². The topological polar surface area (TPSA) is 37.3 Å². The van der Waals surface area contributed by atoms with Crippen molar-refractivity contribution in [1.82, 2.24) is 0 Å². The Bertz CT molecular complexity index is 447. The molecule has 0 heterocycles. The van der Waals surface area contributed by atoms with Gasteiger partial charge in [0.05, 0.1) is 5.92 Å². The van der Waals surface area contributed by atoms with Crippen molar-refractivity contribution in [3.8, 4) is 0 Å². The summed E-state index contributed by atoms with van der Waals surface area (Å²) in [6.07, 6.45) is 38.7. The Labute approximate surface area is 234 Å². The molecule has 0 aliphatic rings. The molecular weight excluding hydrogens is 452 g/mol. The molecule has 0 aliphatic heterocycles. The van der Waals surface area contributed by atoms with Gasteiger partial charge in [-0.25, -0.2) is 0 Å². The van der Waals surface area contributed by atoms with Gasteiger partial charge in [0.1, 0.15) is 0 Å². The van der Waals surface area contributed by atoms with E-state index >= 15 is 0 Å². The first-order valence-corrected chi connectivity index (χ1v) is 17.3. The van der Waals surface area contributed by atoms with E-state index in [1.54, 1.807) is 0 Å². The van der Waals surface area contributed by atoms with Crippen molar-refractivity contribution >= 4 is 5.97 Å². The molecule has 0 aliphatic carbocycles. The highest BCUT2D eigenvalue weighted by Gasteiger charge is 2.19. The molecule has 2 nitrogen and oxygen atoms in total. The molecule has 0 spiro atoms. The van der Waals surface area contributed by atoms with E-state index in [1.165, 1.54) is 167 Å². The van der Waals surface area contributed by atoms with Gasteiger partial charge in [-0.05, 0) is 18.8 Å². The van der Waals surface area contributed by atoms with Gasteiger partial charge in [-0.15, -0.1) is 0 Å². The number of carboxylic acid groups (broad SMARTS) is 1. The van der Waals surface area contributed by atoms with Crippen LogP contribution in [0.2, 0.25) is 0 Å². The molecule has 2 atom stereocenters. The predicted octanol–water partition coefficient (Wildman–Crippen LogP) is 12.7. The number of carbonyl (C=O) groups is 1. The standard InChI is InChI=1S/C35H70O2/c1-4-6-8-10-12-14-16-17-18-19-20-21-23-25-27-29-31-34(35(36)37)32-33(3)30-28-26-24-22-15-13-11-9-7-5-2/h33-34H,4-32H2,1-3H3,(H,36,37). The summed E-state index contributed by atoms with van der Waals surface area (Å²) in [7, 11) is 0. The Morgan fingerprint density at radius 1 is 0.459 bits per heavy atom. The Kier molecular flexibility index (Phi) is 29.6. The molecule has 1 N–H and O–H groups in total. The van der Waals surface area contributed by atoms with Gasteiger partial charge in [0, 0.05) is 0 Å². The fraction of sp³-hybridized carbons (Fsp3) is 0.971. The van der Waals surface area contributed by atoms with Gasteiger partial charge in [-0.2, -0.15) is 0 Å². The molecule has 0 saturated carbocycles. The Morgan fingerprint density at radius 3 is 1.03 bits per heavy atom. The second-order valence-corrected chi connectivity index (χ2v) is 12.4. The first-order chi connectivity index (χ1) is 18.1. The quantitative estimate of drug-likeness (QED) is 0.0919. The van der Waals surface area contributed by atoms with Crippen LogP contribution < -0.4 is 0 Å². The van der Waals surface area contributed by atoms with Crippen LogP contribution in [-0.2, 0) is 4.79 Å². The van der Waals surface area contributed by atoms with Crippen LogP contribution in [0.25, 0.3) is 0 Å². The van der Waals surface area contributed by atoms with Gasteiger partial charge < -0.3 is 5.11 Å². The molecule has 0 bridgehead atoms. The average molecular weight is 523 g/mol. The molecule has 0 saturated heterocycles. The largest absolute Gasteiger partial charge is 0.481 e. The fourth-order valence-corrected chi connectivity index (χ4v) is 5.86. The zero-order valence-electron chi connectivity index (χ0n) is 26.0. The zero-order chi connectivity index (χ0) is 27.2. The van der Waals surface area contributed by atoms with E-state index in [9.17, 15) is 9.90 Å². The molecule has 2 unspecified atom stereocenters. The lowest BCUT2D eigenvalue weighted by Crippen LogP contribution is -2.17. The van der Waals surface area contributed by atoms with Crippen LogP contribution in [0.3, 0.4) is 0 Å². The Balaban J connectivity index is 3.52. The minimum atomic E-state index is -0.559. The van der Waals surface area contributed by atoms with Gasteiger partial charge in [-0.1, -0.05) is 194 Å². The number of hydrogen-bond acceptors (Lipinski definition) is 1. The monoisotopic (exact) mass is 523 g/mol. The van der Waals surface area contributed by atoms with Crippen LogP contribution in [0.5, 0.6) is 0 Å². The van der Waals surface area contributed by atoms with Gasteiger partial charge in [0.15, 0.2) is 0 Å². The third kappa shape index (κ3) is 28.3. The van der Waals surface area contributed by atoms with E-state index in [4.69, 9.17) is 0 Å². The van der Waals surface area contributed by atoms with E-state index in [-0.39, 0.29) is 5.92 Å². The van der Waals surface area contributed by atoms with Crippen molar-refractivity contribution in [2.45, 2.75) is 207 Å². The highest BCUT2D eigenvalue weighted by atomic mass is 16.4. The maximum atomic E-state index is 11.8. The third-order valence-electron chi connectivity index (χ3n) is 8.49. The highest BCUT2D eigenvalue weighted by molar-refractivity contribution is 5.69. The van der Waals surface area contributed by atoms with Crippen LogP contribution in [0.4, 0.5) is 0 Å². The molecule has 37 heavy (non-hydrogen) atoms. The number of rotatable bonds is 31. The lowest BCUT2D eigenvalue weighted by atomic mass is 9.88. The Morgan fingerprint density at radius 2 is 0.730 bits per heavy atom. The van der Waals surface area contributed by atoms with Crippen LogP contribution in [-0.4, -0.2) is 11.1 Å². The second-order valence-electron chi connectivity index (χ2n) is 12.4. The van der Waals surface area contributed by atoms with E-state index in [0.717, 1.165) is 19.3 Å². The summed E-state index contributed by atoms with van der Waals surface area (Å²) in [6.45, 7) is 6.84. The average Bonchev–Trinajstić information content (AvgIpc) is 2.88. The summed E-state index contributed by atoms with van der Waals surface area (Å²) >= 11 is 0. The van der Waals surface area contributed by atoms with E-state index in [2.05, 4.69) is 20.8 Å². The highest BCUT2D eigenvalue weighted by Crippen LogP contribution is 2.24. The molecule has 0 rings (SSSR count). The molecule has 0 radical (unpaired) electrons. The van der Waals surface area contributed by atoms with Crippen LogP contribution in [0.15, 0.2) is 0 Å². The summed E-state index contributed by atoms with van der Waals surface area (Å²) in [5.74, 6) is -0.128. The number of unbranched alkanes of at least 4 members (excludes halogenated alkanes) is 24. The molecule has 2 heteroatoms. The lowest BCUT2D eigenvalue weighted by Gasteiger charge is -2.17.